The van der Waals surface area contributed by atoms with Crippen LogP contribution in [0.5, 0.6) is 0 Å². The van der Waals surface area contributed by atoms with Crippen molar-refractivity contribution < 1.29 is 0 Å². The Bertz CT molecular complexity index is 766. The number of guanidine groups is 1. The van der Waals surface area contributed by atoms with Gasteiger partial charge in [0.2, 0.25) is 0 Å². The molecule has 2 N–H and O–H groups in total. The Morgan fingerprint density at radius 1 is 1.28 bits per heavy atom. The second-order valence-electron chi connectivity index (χ2n) is 7.55. The molecule has 1 aromatic carbocycles. The lowest BCUT2D eigenvalue weighted by atomic mass is 10.1. The summed E-state index contributed by atoms with van der Waals surface area (Å²) >= 11 is 0. The average molecular weight is 510 g/mol. The van der Waals surface area contributed by atoms with Gasteiger partial charge in [-0.2, -0.15) is 5.10 Å². The van der Waals surface area contributed by atoms with Crippen LogP contribution in [0.3, 0.4) is 0 Å². The van der Waals surface area contributed by atoms with Crippen molar-refractivity contribution in [1.82, 2.24) is 20.4 Å². The van der Waals surface area contributed by atoms with E-state index in [-0.39, 0.29) is 30.0 Å². The number of halogens is 1. The summed E-state index contributed by atoms with van der Waals surface area (Å²) in [5, 5.41) is 11.2. The minimum Gasteiger partial charge on any atom is -0.372 e. The summed E-state index contributed by atoms with van der Waals surface area (Å²) in [6, 6.07) is 9.09. The van der Waals surface area contributed by atoms with Crippen LogP contribution in [0.2, 0.25) is 0 Å². The maximum Gasteiger partial charge on any atom is 0.191 e. The van der Waals surface area contributed by atoms with E-state index in [1.54, 1.807) is 0 Å². The number of anilines is 1. The van der Waals surface area contributed by atoms with Gasteiger partial charge in [0.05, 0.1) is 12.2 Å². The normalized spacial score (nSPS) is 15.1. The van der Waals surface area contributed by atoms with Crippen LogP contribution in [-0.2, 0) is 6.54 Å². The van der Waals surface area contributed by atoms with Crippen molar-refractivity contribution >= 4 is 35.6 Å². The van der Waals surface area contributed by atoms with Crippen LogP contribution < -0.4 is 15.5 Å². The van der Waals surface area contributed by atoms with Crippen LogP contribution in [0, 0.1) is 6.92 Å². The molecule has 1 aromatic heterocycles. The fourth-order valence-corrected chi connectivity index (χ4v) is 3.59. The van der Waals surface area contributed by atoms with Crippen LogP contribution in [-0.4, -0.2) is 41.9 Å². The Morgan fingerprint density at radius 3 is 2.76 bits per heavy atom. The van der Waals surface area contributed by atoms with Crippen molar-refractivity contribution in [3.05, 3.63) is 47.8 Å². The highest BCUT2D eigenvalue weighted by Crippen LogP contribution is 2.23. The van der Waals surface area contributed by atoms with Crippen LogP contribution in [0.15, 0.2) is 41.7 Å². The molecule has 1 unspecified atom stereocenters. The molecule has 0 spiro atoms. The summed E-state index contributed by atoms with van der Waals surface area (Å²) in [7, 11) is 0. The van der Waals surface area contributed by atoms with Crippen LogP contribution >= 0.6 is 24.0 Å². The summed E-state index contributed by atoms with van der Waals surface area (Å²) in [6.07, 6.45) is 7.53. The molecule has 160 valence electrons. The molecule has 0 saturated carbocycles. The third-order valence-electron chi connectivity index (χ3n) is 5.12. The van der Waals surface area contributed by atoms with E-state index in [1.807, 2.05) is 10.9 Å². The van der Waals surface area contributed by atoms with Crippen molar-refractivity contribution in [2.75, 3.05) is 31.1 Å². The third-order valence-corrected chi connectivity index (χ3v) is 5.12. The quantitative estimate of drug-likeness (QED) is 0.243. The molecule has 0 aliphatic carbocycles. The minimum absolute atomic E-state index is 0. The Morgan fingerprint density at radius 2 is 2.07 bits per heavy atom. The van der Waals surface area contributed by atoms with Gasteiger partial charge in [-0.3, -0.25) is 9.67 Å². The first kappa shape index (κ1) is 23.5. The van der Waals surface area contributed by atoms with Gasteiger partial charge in [-0.15, -0.1) is 24.0 Å². The number of aliphatic imine (C=N–C) groups is 1. The van der Waals surface area contributed by atoms with E-state index in [0.717, 1.165) is 32.0 Å². The van der Waals surface area contributed by atoms with Gasteiger partial charge < -0.3 is 15.5 Å². The fraction of sp³-hybridized carbons (Fsp3) is 0.545. The van der Waals surface area contributed by atoms with Gasteiger partial charge in [0.15, 0.2) is 5.96 Å². The Balaban J connectivity index is 0.00000300. The standard InChI is InChI=1S/C22H34N6.HI/c1-4-23-22(24-11-8-14-28-17-18(2)16-25-28)26-19(3)20-9-7-10-21(15-20)27-12-5-6-13-27;/h7,9-10,15-17,19H,4-6,8,11-14H2,1-3H3,(H2,23,24,26);1H. The van der Waals surface area contributed by atoms with Crippen LogP contribution in [0.4, 0.5) is 5.69 Å². The van der Waals surface area contributed by atoms with Crippen molar-refractivity contribution in [2.24, 2.45) is 4.99 Å². The number of aromatic nitrogens is 2. The number of aryl methyl sites for hydroxylation is 2. The molecular formula is C22H35IN6. The summed E-state index contributed by atoms with van der Waals surface area (Å²) in [5.74, 6) is 0.873. The average Bonchev–Trinajstić information content (AvgIpc) is 3.37. The van der Waals surface area contributed by atoms with Gasteiger partial charge in [-0.05, 0) is 63.3 Å². The van der Waals surface area contributed by atoms with Crippen LogP contribution in [0.25, 0.3) is 0 Å². The molecule has 2 heterocycles. The van der Waals surface area contributed by atoms with E-state index in [9.17, 15) is 0 Å². The van der Waals surface area contributed by atoms with Gasteiger partial charge >= 0.3 is 0 Å². The molecule has 29 heavy (non-hydrogen) atoms. The fourth-order valence-electron chi connectivity index (χ4n) is 3.59. The Labute approximate surface area is 192 Å². The van der Waals surface area contributed by atoms with Crippen molar-refractivity contribution in [2.45, 2.75) is 52.6 Å². The molecule has 1 atom stereocenters. The molecule has 7 heteroatoms. The zero-order valence-electron chi connectivity index (χ0n) is 17.9. The Kier molecular flexibility index (Phi) is 9.76. The number of hydrogen-bond donors (Lipinski definition) is 2. The molecule has 2 aromatic rings. The largest absolute Gasteiger partial charge is 0.372 e. The predicted octanol–water partition coefficient (Wildman–Crippen LogP) is 4.12. The van der Waals surface area contributed by atoms with Gasteiger partial charge in [0, 0.05) is 44.6 Å². The lowest BCUT2D eigenvalue weighted by Gasteiger charge is -2.22. The van der Waals surface area contributed by atoms with Gasteiger partial charge in [-0.25, -0.2) is 0 Å². The Hall–Kier alpha value is -1.77. The molecule has 0 amide bonds. The first-order chi connectivity index (χ1) is 13.7. The van der Waals surface area contributed by atoms with E-state index < -0.39 is 0 Å². The highest BCUT2D eigenvalue weighted by Gasteiger charge is 2.14. The molecule has 0 bridgehead atoms. The number of rotatable bonds is 8. The number of nitrogens with one attached hydrogen (secondary N) is 2. The van der Waals surface area contributed by atoms with Gasteiger partial charge in [-0.1, -0.05) is 12.1 Å². The van der Waals surface area contributed by atoms with E-state index in [0.29, 0.717) is 0 Å². The molecule has 3 rings (SSSR count). The summed E-state index contributed by atoms with van der Waals surface area (Å²) < 4.78 is 1.98. The molecule has 0 radical (unpaired) electrons. The monoisotopic (exact) mass is 510 g/mol. The van der Waals surface area contributed by atoms with E-state index in [2.05, 4.69) is 71.9 Å². The van der Waals surface area contributed by atoms with E-state index in [4.69, 9.17) is 4.99 Å². The summed E-state index contributed by atoms with van der Waals surface area (Å²) in [4.78, 5) is 7.22. The first-order valence-electron chi connectivity index (χ1n) is 10.5. The zero-order valence-corrected chi connectivity index (χ0v) is 20.2. The molecule has 1 saturated heterocycles. The van der Waals surface area contributed by atoms with Crippen LogP contribution in [0.1, 0.15) is 50.3 Å². The SMILES string of the molecule is CCNC(=NCCCn1cc(C)cn1)NC(C)c1cccc(N2CCCC2)c1.I. The maximum absolute atomic E-state index is 4.74. The number of nitrogens with zero attached hydrogens (tertiary/aromatic N) is 4. The first-order valence-corrected chi connectivity index (χ1v) is 10.5. The number of benzene rings is 1. The second-order valence-corrected chi connectivity index (χ2v) is 7.55. The smallest absolute Gasteiger partial charge is 0.191 e. The predicted molar refractivity (Wildman–Crippen MR) is 132 cm³/mol. The van der Waals surface area contributed by atoms with Gasteiger partial charge in [0.25, 0.3) is 0 Å². The molecule has 6 nitrogen and oxygen atoms in total. The lowest BCUT2D eigenvalue weighted by molar-refractivity contribution is 0.582. The van der Waals surface area contributed by atoms with Gasteiger partial charge in [0.1, 0.15) is 0 Å². The molecule has 1 aliphatic heterocycles. The third kappa shape index (κ3) is 7.21. The number of hydrogen-bond acceptors (Lipinski definition) is 3. The highest BCUT2D eigenvalue weighted by molar-refractivity contribution is 14.0. The lowest BCUT2D eigenvalue weighted by Crippen LogP contribution is -2.38. The second kappa shape index (κ2) is 12.0. The molecule has 1 fully saturated rings. The topological polar surface area (TPSA) is 57.5 Å². The summed E-state index contributed by atoms with van der Waals surface area (Å²) in [6.45, 7) is 11.2. The molecule has 1 aliphatic rings. The highest BCUT2D eigenvalue weighted by atomic mass is 127. The van der Waals surface area contributed by atoms with Crippen molar-refractivity contribution in [3.8, 4) is 0 Å². The molecular weight excluding hydrogens is 475 g/mol. The van der Waals surface area contributed by atoms with E-state index in [1.165, 1.54) is 42.7 Å². The zero-order chi connectivity index (χ0) is 19.8. The maximum atomic E-state index is 4.74. The van der Waals surface area contributed by atoms with Crippen molar-refractivity contribution in [1.29, 1.82) is 0 Å². The summed E-state index contributed by atoms with van der Waals surface area (Å²) in [5.41, 5.74) is 3.82. The van der Waals surface area contributed by atoms with Crippen molar-refractivity contribution in [3.63, 3.8) is 0 Å². The van der Waals surface area contributed by atoms with E-state index >= 15 is 0 Å². The minimum atomic E-state index is 0.